The van der Waals surface area contributed by atoms with Crippen molar-refractivity contribution >= 4 is 137 Å². The third kappa shape index (κ3) is 7.51. The van der Waals surface area contributed by atoms with Crippen molar-refractivity contribution in [2.45, 2.75) is 0 Å². The average Bonchev–Trinajstić information content (AvgIpc) is 3.30. The zero-order chi connectivity index (χ0) is 55.6. The normalized spacial score (nSPS) is 12.7. The molecule has 0 N–H and O–H groups in total. The molecule has 0 amide bonds. The third-order valence-electron chi connectivity index (χ3n) is 18.0. The maximum absolute atomic E-state index is 3.16. The summed E-state index contributed by atoms with van der Waals surface area (Å²) in [5, 5.41) is 13.2. The Kier molecular flexibility index (Phi) is 12.0. The Morgan fingerprint density at radius 3 is 1.11 bits per heavy atom. The molecule has 84 heavy (non-hydrogen) atoms. The van der Waals surface area contributed by atoms with Gasteiger partial charge in [0.2, 0.25) is 0 Å². The van der Waals surface area contributed by atoms with Gasteiger partial charge >= 0.3 is 0 Å². The number of para-hydroxylation sites is 5. The molecule has 3 heterocycles. The monoisotopic (exact) mass is 1100 g/mol. The summed E-state index contributed by atoms with van der Waals surface area (Å²) in [7, 11) is -6.00. The largest absolute Gasteiger partial charge is 0.311 e. The summed E-state index contributed by atoms with van der Waals surface area (Å²) in [6.45, 7) is -0.118. The number of hydrogen-bond donors (Lipinski definition) is 0. The van der Waals surface area contributed by atoms with Gasteiger partial charge in [0.15, 0.2) is 16.1 Å². The van der Waals surface area contributed by atoms with Crippen molar-refractivity contribution < 1.29 is 0 Å². The lowest BCUT2D eigenvalue weighted by Gasteiger charge is -2.47. The van der Waals surface area contributed by atoms with Gasteiger partial charge in [-0.25, -0.2) is 0 Å². The van der Waals surface area contributed by atoms with Crippen molar-refractivity contribution in [1.29, 1.82) is 0 Å². The second kappa shape index (κ2) is 20.3. The highest BCUT2D eigenvalue weighted by Crippen LogP contribution is 2.46. The second-order valence-electron chi connectivity index (χ2n) is 22.3. The van der Waals surface area contributed by atoms with E-state index >= 15 is 0 Å². The van der Waals surface area contributed by atoms with Crippen LogP contribution >= 0.6 is 0 Å². The van der Waals surface area contributed by atoms with Crippen LogP contribution in [-0.2, 0) is 0 Å². The Balaban J connectivity index is 1.02. The average molecular weight is 1100 g/mol. The highest BCUT2D eigenvalue weighted by Gasteiger charge is 2.50. The fourth-order valence-electron chi connectivity index (χ4n) is 14.7. The van der Waals surface area contributed by atoms with Crippen LogP contribution in [0.1, 0.15) is 0 Å². The minimum Gasteiger partial charge on any atom is -0.311 e. The van der Waals surface area contributed by atoms with E-state index in [1.165, 1.54) is 91.1 Å². The Bertz CT molecular complexity index is 4470. The molecule has 0 aliphatic carbocycles. The highest BCUT2D eigenvalue weighted by molar-refractivity contribution is 7.21. The molecule has 2 aliphatic rings. The van der Waals surface area contributed by atoms with Gasteiger partial charge < -0.3 is 14.4 Å². The number of rotatable bonds is 11. The molecule has 0 unspecified atom stereocenters. The molecular formula is C78H56BN3Si2. The van der Waals surface area contributed by atoms with Gasteiger partial charge in [-0.3, -0.25) is 0 Å². The van der Waals surface area contributed by atoms with Crippen molar-refractivity contribution in [2.24, 2.45) is 0 Å². The molecule has 0 radical (unpaired) electrons. The van der Waals surface area contributed by atoms with Crippen LogP contribution in [0.2, 0.25) is 0 Å². The summed E-state index contributed by atoms with van der Waals surface area (Å²) in [5.41, 5.74) is 14.3. The van der Waals surface area contributed by atoms with Gasteiger partial charge in [0.1, 0.15) is 0 Å². The smallest absolute Gasteiger partial charge is 0.252 e. The molecule has 0 saturated heterocycles. The van der Waals surface area contributed by atoms with Crippen molar-refractivity contribution in [1.82, 2.24) is 4.57 Å². The SMILES string of the molecule is c1ccc(N2c3cc(-n4c5ccccc5c5ccccc54)cc4c3B(c3ccccc3N4c3ccc([Si](c4ccccc4)(c4ccccc4)c4ccccc4)cc3)c3cccc([Si](c4ccccc4)(c4ccccc4)c4ccccc4)c32)cc1. The van der Waals surface area contributed by atoms with E-state index in [1.54, 1.807) is 0 Å². The van der Waals surface area contributed by atoms with Gasteiger partial charge in [0.05, 0.1) is 16.7 Å². The minimum atomic E-state index is -3.16. The number of benzene rings is 13. The predicted octanol–water partition coefficient (Wildman–Crippen LogP) is 11.6. The van der Waals surface area contributed by atoms with Crippen molar-refractivity contribution in [3.8, 4) is 5.69 Å². The van der Waals surface area contributed by atoms with Crippen LogP contribution in [0.5, 0.6) is 0 Å². The summed E-state index contributed by atoms with van der Waals surface area (Å²) >= 11 is 0. The van der Waals surface area contributed by atoms with E-state index in [4.69, 9.17) is 0 Å². The molecule has 3 nitrogen and oxygen atoms in total. The van der Waals surface area contributed by atoms with Gasteiger partial charge in [-0.15, -0.1) is 0 Å². The van der Waals surface area contributed by atoms with Crippen LogP contribution in [0, 0.1) is 0 Å². The van der Waals surface area contributed by atoms with E-state index in [9.17, 15) is 0 Å². The van der Waals surface area contributed by atoms with E-state index < -0.39 is 16.1 Å². The molecule has 0 bridgehead atoms. The van der Waals surface area contributed by atoms with Gasteiger partial charge in [0.25, 0.3) is 6.71 Å². The summed E-state index contributed by atoms with van der Waals surface area (Å²) < 4.78 is 2.51. The van der Waals surface area contributed by atoms with Gasteiger partial charge in [-0.1, -0.05) is 285 Å². The summed E-state index contributed by atoms with van der Waals surface area (Å²) in [6, 6.07) is 128. The van der Waals surface area contributed by atoms with E-state index in [-0.39, 0.29) is 6.71 Å². The standard InChI is InChI=1S/C78H56BN3Si2/c1-8-29-57(30-9-1)82-75-56-59(81-71-47-25-22-43-67(71)68-44-23-26-48-72(68)81)55-74-77(75)79(70-46-28-50-76(78(70)82)84(63-37-16-5-17-38-63,64-39-18-6-19-40-64)65-41-20-7-21-42-65)69-45-24-27-49-73(69)80(74)58-51-53-66(54-52-58)83(60-31-10-2-11-32-60,61-33-12-3-13-34-61)62-35-14-4-15-36-62/h1-56H. The van der Waals surface area contributed by atoms with Crippen molar-refractivity contribution in [2.75, 3.05) is 9.80 Å². The quantitative estimate of drug-likeness (QED) is 0.0945. The van der Waals surface area contributed by atoms with Gasteiger partial charge in [0, 0.05) is 44.9 Å². The van der Waals surface area contributed by atoms with Crippen molar-refractivity contribution in [3.05, 3.63) is 340 Å². The fraction of sp³-hybridized carbons (Fsp3) is 0. The zero-order valence-electron chi connectivity index (χ0n) is 46.3. The van der Waals surface area contributed by atoms with Gasteiger partial charge in [-0.05, 0) is 112 Å². The van der Waals surface area contributed by atoms with E-state index in [2.05, 4.69) is 354 Å². The molecule has 6 heteroatoms. The first-order chi connectivity index (χ1) is 41.7. The molecule has 1 aromatic heterocycles. The lowest BCUT2D eigenvalue weighted by atomic mass is 9.33. The van der Waals surface area contributed by atoms with Gasteiger partial charge in [-0.2, -0.15) is 0 Å². The number of nitrogens with zero attached hydrogens (tertiary/aromatic N) is 3. The van der Waals surface area contributed by atoms with E-state index in [1.807, 2.05) is 0 Å². The summed E-state index contributed by atoms with van der Waals surface area (Å²) in [5.74, 6) is 0. The first kappa shape index (κ1) is 49.6. The number of fused-ring (bicyclic) bond motifs is 7. The van der Waals surface area contributed by atoms with Crippen LogP contribution < -0.4 is 67.7 Å². The second-order valence-corrected chi connectivity index (χ2v) is 29.8. The Labute approximate surface area is 493 Å². The minimum absolute atomic E-state index is 0.118. The summed E-state index contributed by atoms with van der Waals surface area (Å²) in [4.78, 5) is 5.24. The number of aromatic nitrogens is 1. The van der Waals surface area contributed by atoms with Crippen LogP contribution in [0.15, 0.2) is 340 Å². The molecule has 394 valence electrons. The lowest BCUT2D eigenvalue weighted by molar-refractivity contribution is 1.16. The molecule has 0 fully saturated rings. The molecule has 13 aromatic carbocycles. The maximum atomic E-state index is 2.66. The molecule has 14 aromatic rings. The van der Waals surface area contributed by atoms with E-state index in [0.29, 0.717) is 0 Å². The molecule has 0 spiro atoms. The molecule has 16 rings (SSSR count). The van der Waals surface area contributed by atoms with E-state index in [0.717, 1.165) is 28.4 Å². The highest BCUT2D eigenvalue weighted by atomic mass is 28.3. The van der Waals surface area contributed by atoms with Crippen molar-refractivity contribution in [3.63, 3.8) is 0 Å². The third-order valence-corrected chi connectivity index (χ3v) is 27.6. The van der Waals surface area contributed by atoms with Crippen LogP contribution in [-0.4, -0.2) is 27.4 Å². The Morgan fingerprint density at radius 2 is 0.619 bits per heavy atom. The van der Waals surface area contributed by atoms with Crippen LogP contribution in [0.3, 0.4) is 0 Å². The molecule has 0 saturated carbocycles. The first-order valence-electron chi connectivity index (χ1n) is 29.2. The van der Waals surface area contributed by atoms with Crippen LogP contribution in [0.4, 0.5) is 34.1 Å². The molecular weight excluding hydrogens is 1050 g/mol. The summed E-state index contributed by atoms with van der Waals surface area (Å²) in [6.07, 6.45) is 0. The Morgan fingerprint density at radius 1 is 0.250 bits per heavy atom. The lowest BCUT2D eigenvalue weighted by Crippen LogP contribution is -2.76. The molecule has 2 aliphatic heterocycles. The predicted molar refractivity (Wildman–Crippen MR) is 362 cm³/mol. The number of anilines is 6. The fourth-order valence-corrected chi connectivity index (χ4v) is 24.4. The zero-order valence-corrected chi connectivity index (χ0v) is 48.3. The van der Waals surface area contributed by atoms with Crippen LogP contribution in [0.25, 0.3) is 27.5 Å². The molecule has 0 atom stereocenters. The maximum Gasteiger partial charge on any atom is 0.252 e. The number of hydrogen-bond acceptors (Lipinski definition) is 2. The first-order valence-corrected chi connectivity index (χ1v) is 33.2. The Hall–Kier alpha value is -10.2. The topological polar surface area (TPSA) is 11.4 Å².